The summed E-state index contributed by atoms with van der Waals surface area (Å²) < 4.78 is 5.27. The molecule has 0 spiro atoms. The minimum Gasteiger partial charge on any atom is -0.495 e. The molecular formula is C15H17N3O2. The molecule has 20 heavy (non-hydrogen) atoms. The highest BCUT2D eigenvalue weighted by atomic mass is 16.5. The molecule has 0 aliphatic heterocycles. The largest absolute Gasteiger partial charge is 0.495 e. The van der Waals surface area contributed by atoms with E-state index in [4.69, 9.17) is 10.5 Å². The summed E-state index contributed by atoms with van der Waals surface area (Å²) in [6.45, 7) is 2.27. The van der Waals surface area contributed by atoms with E-state index in [0.717, 1.165) is 11.3 Å². The molecule has 0 saturated carbocycles. The number of nitrogens with one attached hydrogen (secondary N) is 1. The average Bonchev–Trinajstić information content (AvgIpc) is 2.47. The highest BCUT2D eigenvalue weighted by Gasteiger charge is 2.10. The lowest BCUT2D eigenvalue weighted by Crippen LogP contribution is -2.13. The first-order valence-corrected chi connectivity index (χ1v) is 6.25. The van der Waals surface area contributed by atoms with E-state index >= 15 is 0 Å². The maximum Gasteiger partial charge on any atom is 0.255 e. The smallest absolute Gasteiger partial charge is 0.255 e. The van der Waals surface area contributed by atoms with Crippen LogP contribution in [0.4, 0.5) is 5.69 Å². The minimum atomic E-state index is -0.200. The van der Waals surface area contributed by atoms with Crippen molar-refractivity contribution < 1.29 is 9.53 Å². The predicted molar refractivity (Wildman–Crippen MR) is 77.8 cm³/mol. The highest BCUT2D eigenvalue weighted by Crippen LogP contribution is 2.26. The van der Waals surface area contributed by atoms with Gasteiger partial charge in [-0.3, -0.25) is 9.78 Å². The second-order valence-electron chi connectivity index (χ2n) is 4.38. The van der Waals surface area contributed by atoms with Gasteiger partial charge >= 0.3 is 0 Å². The number of carbonyl (C=O) groups is 1. The fourth-order valence-corrected chi connectivity index (χ4v) is 1.85. The molecule has 1 aromatic carbocycles. The molecule has 0 fully saturated rings. The topological polar surface area (TPSA) is 77.2 Å². The number of nitrogens with two attached hydrogens (primary N) is 1. The second kappa shape index (κ2) is 6.16. The normalized spacial score (nSPS) is 10.2. The molecule has 1 heterocycles. The molecule has 0 unspecified atom stereocenters. The van der Waals surface area contributed by atoms with Crippen LogP contribution in [-0.4, -0.2) is 18.0 Å². The monoisotopic (exact) mass is 271 g/mol. The van der Waals surface area contributed by atoms with Crippen LogP contribution in [0.1, 0.15) is 21.6 Å². The summed E-state index contributed by atoms with van der Waals surface area (Å²) in [6.07, 6.45) is 1.61. The highest BCUT2D eigenvalue weighted by molar-refractivity contribution is 6.05. The summed E-state index contributed by atoms with van der Waals surface area (Å²) in [5.74, 6) is 0.390. The van der Waals surface area contributed by atoms with Crippen molar-refractivity contribution in [3.05, 3.63) is 53.3 Å². The Balaban J connectivity index is 2.23. The number of nitrogens with zero attached hydrogens (tertiary/aromatic N) is 1. The number of benzene rings is 1. The van der Waals surface area contributed by atoms with Gasteiger partial charge in [0.05, 0.1) is 12.8 Å². The average molecular weight is 271 g/mol. The molecule has 2 aromatic rings. The van der Waals surface area contributed by atoms with Crippen LogP contribution < -0.4 is 15.8 Å². The predicted octanol–water partition coefficient (Wildman–Crippen LogP) is 2.11. The molecule has 0 aliphatic rings. The number of carbonyl (C=O) groups excluding carboxylic acids is 1. The van der Waals surface area contributed by atoms with Crippen LogP contribution in [0.3, 0.4) is 0 Å². The van der Waals surface area contributed by atoms with Crippen molar-refractivity contribution in [2.24, 2.45) is 5.73 Å². The lowest BCUT2D eigenvalue weighted by atomic mass is 10.1. The number of pyridine rings is 1. The summed E-state index contributed by atoms with van der Waals surface area (Å²) >= 11 is 0. The lowest BCUT2D eigenvalue weighted by Gasteiger charge is -2.11. The van der Waals surface area contributed by atoms with Gasteiger partial charge in [0.15, 0.2) is 0 Å². The Morgan fingerprint density at radius 1 is 1.35 bits per heavy atom. The Morgan fingerprint density at radius 2 is 2.15 bits per heavy atom. The van der Waals surface area contributed by atoms with Crippen molar-refractivity contribution >= 4 is 11.6 Å². The van der Waals surface area contributed by atoms with Gasteiger partial charge in [0.25, 0.3) is 5.91 Å². The summed E-state index contributed by atoms with van der Waals surface area (Å²) in [5, 5.41) is 2.82. The summed E-state index contributed by atoms with van der Waals surface area (Å²) in [4.78, 5) is 16.2. The molecule has 0 atom stereocenters. The van der Waals surface area contributed by atoms with E-state index in [2.05, 4.69) is 10.3 Å². The molecule has 5 nitrogen and oxygen atoms in total. The number of methoxy groups -OCH3 is 1. The van der Waals surface area contributed by atoms with E-state index in [1.807, 2.05) is 19.1 Å². The Hall–Kier alpha value is -2.40. The first kappa shape index (κ1) is 14.0. The van der Waals surface area contributed by atoms with Crippen molar-refractivity contribution in [2.75, 3.05) is 12.4 Å². The maximum atomic E-state index is 12.2. The van der Waals surface area contributed by atoms with Gasteiger partial charge in [0, 0.05) is 24.0 Å². The quantitative estimate of drug-likeness (QED) is 0.892. The van der Waals surface area contributed by atoms with E-state index in [-0.39, 0.29) is 5.91 Å². The number of aromatic nitrogens is 1. The lowest BCUT2D eigenvalue weighted by molar-refractivity contribution is 0.102. The number of aryl methyl sites for hydroxylation is 1. The molecule has 1 aromatic heterocycles. The third kappa shape index (κ3) is 3.13. The molecule has 0 bridgehead atoms. The molecule has 1 amide bonds. The summed E-state index contributed by atoms with van der Waals surface area (Å²) in [7, 11) is 1.56. The van der Waals surface area contributed by atoms with Crippen LogP contribution in [0.15, 0.2) is 36.5 Å². The fourth-order valence-electron chi connectivity index (χ4n) is 1.85. The number of amides is 1. The zero-order valence-corrected chi connectivity index (χ0v) is 11.5. The van der Waals surface area contributed by atoms with E-state index < -0.39 is 0 Å². The molecular weight excluding hydrogens is 254 g/mol. The van der Waals surface area contributed by atoms with Crippen molar-refractivity contribution in [3.8, 4) is 5.75 Å². The third-order valence-corrected chi connectivity index (χ3v) is 2.91. The fraction of sp³-hybridized carbons (Fsp3) is 0.200. The molecule has 3 N–H and O–H groups in total. The van der Waals surface area contributed by atoms with Gasteiger partial charge < -0.3 is 15.8 Å². The van der Waals surface area contributed by atoms with Gasteiger partial charge in [-0.15, -0.1) is 0 Å². The van der Waals surface area contributed by atoms with Crippen LogP contribution in [0.2, 0.25) is 0 Å². The number of rotatable bonds is 4. The van der Waals surface area contributed by atoms with E-state index in [9.17, 15) is 4.79 Å². The van der Waals surface area contributed by atoms with Gasteiger partial charge in [-0.25, -0.2) is 0 Å². The molecule has 0 saturated heterocycles. The van der Waals surface area contributed by atoms with Crippen molar-refractivity contribution in [2.45, 2.75) is 13.5 Å². The summed E-state index contributed by atoms with van der Waals surface area (Å²) in [6, 6.07) is 8.86. The van der Waals surface area contributed by atoms with Crippen molar-refractivity contribution in [3.63, 3.8) is 0 Å². The molecule has 0 aliphatic carbocycles. The molecule has 2 rings (SSSR count). The summed E-state index contributed by atoms with van der Waals surface area (Å²) in [5.41, 5.74) is 8.49. The number of ether oxygens (including phenoxy) is 1. The van der Waals surface area contributed by atoms with Crippen molar-refractivity contribution in [1.82, 2.24) is 4.98 Å². The molecule has 5 heteroatoms. The zero-order valence-electron chi connectivity index (χ0n) is 11.5. The molecule has 104 valence electrons. The maximum absolute atomic E-state index is 12.2. The first-order chi connectivity index (χ1) is 9.63. The van der Waals surface area contributed by atoms with Crippen LogP contribution in [0.5, 0.6) is 5.75 Å². The van der Waals surface area contributed by atoms with Gasteiger partial charge in [0.1, 0.15) is 5.75 Å². The Labute approximate surface area is 117 Å². The van der Waals surface area contributed by atoms with Crippen molar-refractivity contribution in [1.29, 1.82) is 0 Å². The van der Waals surface area contributed by atoms with Crippen LogP contribution in [0, 0.1) is 6.92 Å². The molecule has 0 radical (unpaired) electrons. The van der Waals surface area contributed by atoms with Crippen LogP contribution >= 0.6 is 0 Å². The van der Waals surface area contributed by atoms with E-state index in [1.165, 1.54) is 0 Å². The van der Waals surface area contributed by atoms with Gasteiger partial charge in [0.2, 0.25) is 0 Å². The van der Waals surface area contributed by atoms with Crippen LogP contribution in [0.25, 0.3) is 0 Å². The van der Waals surface area contributed by atoms with Gasteiger partial charge in [-0.2, -0.15) is 0 Å². The Kier molecular flexibility index (Phi) is 4.32. The number of hydrogen-bond donors (Lipinski definition) is 2. The second-order valence-corrected chi connectivity index (χ2v) is 4.38. The Morgan fingerprint density at radius 3 is 2.80 bits per heavy atom. The minimum absolute atomic E-state index is 0.200. The standard InChI is InChI=1S/C15H17N3O2/c1-10-7-12(5-6-17-10)15(19)18-13-4-3-11(9-16)8-14(13)20-2/h3-8H,9,16H2,1-2H3,(H,18,19). The first-order valence-electron chi connectivity index (χ1n) is 6.25. The van der Waals surface area contributed by atoms with E-state index in [1.54, 1.807) is 31.5 Å². The van der Waals surface area contributed by atoms with Gasteiger partial charge in [-0.1, -0.05) is 6.07 Å². The zero-order chi connectivity index (χ0) is 14.5. The number of hydrogen-bond acceptors (Lipinski definition) is 4. The van der Waals surface area contributed by atoms with Gasteiger partial charge in [-0.05, 0) is 36.8 Å². The SMILES string of the molecule is COc1cc(CN)ccc1NC(=O)c1ccnc(C)c1. The van der Waals surface area contributed by atoms with Crippen LogP contribution in [-0.2, 0) is 6.54 Å². The number of anilines is 1. The Bertz CT molecular complexity index is 626. The van der Waals surface area contributed by atoms with E-state index in [0.29, 0.717) is 23.5 Å². The third-order valence-electron chi connectivity index (χ3n) is 2.91.